The summed E-state index contributed by atoms with van der Waals surface area (Å²) in [6, 6.07) is 17.9. The highest BCUT2D eigenvalue weighted by Crippen LogP contribution is 2.25. The highest BCUT2D eigenvalue weighted by Gasteiger charge is 2.17. The third-order valence-corrected chi connectivity index (χ3v) is 3.80. The van der Waals surface area contributed by atoms with Gasteiger partial charge in [0.25, 0.3) is 5.91 Å². The first-order chi connectivity index (χ1) is 12.1. The van der Waals surface area contributed by atoms with Gasteiger partial charge in [0.15, 0.2) is 0 Å². The lowest BCUT2D eigenvalue weighted by atomic mass is 9.98. The molecule has 1 aromatic heterocycles. The van der Waals surface area contributed by atoms with Gasteiger partial charge in [-0.1, -0.05) is 48.0 Å². The first-order valence-corrected chi connectivity index (χ1v) is 7.72. The lowest BCUT2D eigenvalue weighted by Crippen LogP contribution is -2.16. The van der Waals surface area contributed by atoms with Crippen molar-refractivity contribution in [3.63, 3.8) is 0 Å². The van der Waals surface area contributed by atoms with Crippen molar-refractivity contribution in [1.82, 2.24) is 4.98 Å². The van der Waals surface area contributed by atoms with Crippen LogP contribution in [0.2, 0.25) is 0 Å². The van der Waals surface area contributed by atoms with E-state index in [1.54, 1.807) is 12.1 Å². The number of hydrogen-bond donors (Lipinski definition) is 2. The summed E-state index contributed by atoms with van der Waals surface area (Å²) in [4.78, 5) is 27.9. The molecule has 0 fully saturated rings. The van der Waals surface area contributed by atoms with Crippen LogP contribution in [0.15, 0.2) is 66.9 Å². The Hall–Kier alpha value is -3.47. The zero-order valence-corrected chi connectivity index (χ0v) is 13.6. The van der Waals surface area contributed by atoms with Crippen molar-refractivity contribution >= 4 is 17.7 Å². The quantitative estimate of drug-likeness (QED) is 0.756. The largest absolute Gasteiger partial charge is 0.478 e. The summed E-state index contributed by atoms with van der Waals surface area (Å²) in [5.41, 5.74) is 3.21. The van der Waals surface area contributed by atoms with Crippen molar-refractivity contribution < 1.29 is 14.7 Å². The van der Waals surface area contributed by atoms with Gasteiger partial charge in [-0.2, -0.15) is 0 Å². The van der Waals surface area contributed by atoms with Crippen molar-refractivity contribution in [3.05, 3.63) is 83.6 Å². The van der Waals surface area contributed by atoms with Crippen LogP contribution in [0.25, 0.3) is 11.1 Å². The smallest absolute Gasteiger partial charge is 0.339 e. The molecular weight excluding hydrogens is 316 g/mol. The lowest BCUT2D eigenvalue weighted by molar-refractivity contribution is 0.0697. The van der Waals surface area contributed by atoms with Gasteiger partial charge in [-0.15, -0.1) is 0 Å². The van der Waals surface area contributed by atoms with Crippen LogP contribution in [-0.2, 0) is 0 Å². The summed E-state index contributed by atoms with van der Waals surface area (Å²) in [6.07, 6.45) is 1.44. The average Bonchev–Trinajstić information content (AvgIpc) is 2.62. The number of carbonyl (C=O) groups is 2. The average molecular weight is 332 g/mol. The fourth-order valence-corrected chi connectivity index (χ4v) is 2.52. The van der Waals surface area contributed by atoms with Crippen LogP contribution in [0.3, 0.4) is 0 Å². The Kier molecular flexibility index (Phi) is 4.57. The molecule has 5 heteroatoms. The van der Waals surface area contributed by atoms with Crippen LogP contribution in [0.1, 0.15) is 26.3 Å². The van der Waals surface area contributed by atoms with E-state index in [0.29, 0.717) is 5.56 Å². The number of benzene rings is 2. The maximum Gasteiger partial charge on any atom is 0.339 e. The fraction of sp³-hybridized carbons (Fsp3) is 0.0500. The highest BCUT2D eigenvalue weighted by atomic mass is 16.4. The number of rotatable bonds is 4. The van der Waals surface area contributed by atoms with Crippen molar-refractivity contribution in [3.8, 4) is 11.1 Å². The molecule has 5 nitrogen and oxygen atoms in total. The molecule has 1 amide bonds. The molecule has 0 aliphatic heterocycles. The highest BCUT2D eigenvalue weighted by molar-refractivity contribution is 6.10. The molecule has 2 N–H and O–H groups in total. The minimum atomic E-state index is -1.14. The molecule has 2 aromatic carbocycles. The second-order valence-electron chi connectivity index (χ2n) is 5.57. The minimum Gasteiger partial charge on any atom is -0.478 e. The molecule has 0 aliphatic carbocycles. The summed E-state index contributed by atoms with van der Waals surface area (Å²) in [7, 11) is 0. The number of nitrogens with one attached hydrogen (secondary N) is 1. The van der Waals surface area contributed by atoms with Crippen LogP contribution in [0, 0.1) is 6.92 Å². The number of carboxylic acid groups (broad SMARTS) is 1. The Morgan fingerprint density at radius 3 is 2.32 bits per heavy atom. The number of hydrogen-bond acceptors (Lipinski definition) is 3. The first-order valence-electron chi connectivity index (χ1n) is 7.72. The fourth-order valence-electron chi connectivity index (χ4n) is 2.52. The molecule has 0 atom stereocenters. The van der Waals surface area contributed by atoms with E-state index in [2.05, 4.69) is 10.3 Å². The van der Waals surface area contributed by atoms with Crippen molar-refractivity contribution in [2.24, 2.45) is 0 Å². The van der Waals surface area contributed by atoms with Crippen LogP contribution in [0.5, 0.6) is 0 Å². The summed E-state index contributed by atoms with van der Waals surface area (Å²) in [6.45, 7) is 2.00. The molecule has 124 valence electrons. The zero-order chi connectivity index (χ0) is 17.8. The van der Waals surface area contributed by atoms with Crippen LogP contribution in [-0.4, -0.2) is 22.0 Å². The maximum absolute atomic E-state index is 12.7. The predicted molar refractivity (Wildman–Crippen MR) is 95.8 cm³/mol. The van der Waals surface area contributed by atoms with Gasteiger partial charge in [-0.05, 0) is 36.2 Å². The molecule has 0 aliphatic rings. The summed E-state index contributed by atoms with van der Waals surface area (Å²) in [5, 5.41) is 11.8. The van der Waals surface area contributed by atoms with Crippen molar-refractivity contribution in [2.45, 2.75) is 6.92 Å². The Bertz CT molecular complexity index is 934. The van der Waals surface area contributed by atoms with Gasteiger partial charge in [-0.25, -0.2) is 9.78 Å². The van der Waals surface area contributed by atoms with Gasteiger partial charge in [0.1, 0.15) is 11.4 Å². The molecule has 3 rings (SSSR count). The number of pyridine rings is 1. The monoisotopic (exact) mass is 332 g/mol. The second-order valence-corrected chi connectivity index (χ2v) is 5.57. The number of aromatic carboxylic acids is 1. The maximum atomic E-state index is 12.7. The van der Waals surface area contributed by atoms with Gasteiger partial charge in [-0.3, -0.25) is 4.79 Å². The van der Waals surface area contributed by atoms with Crippen molar-refractivity contribution in [2.75, 3.05) is 5.32 Å². The zero-order valence-electron chi connectivity index (χ0n) is 13.6. The molecule has 1 heterocycles. The molecular formula is C20H16N2O3. The van der Waals surface area contributed by atoms with Gasteiger partial charge in [0.05, 0.1) is 0 Å². The molecule has 0 radical (unpaired) electrons. The molecule has 0 spiro atoms. The van der Waals surface area contributed by atoms with Gasteiger partial charge in [0, 0.05) is 11.8 Å². The Labute approximate surface area is 145 Å². The standard InChI is InChI=1S/C20H16N2O3/c1-13-8-10-14(11-9-13)15-5-2-3-6-16(15)19(23)22-18-17(20(24)25)7-4-12-21-18/h2-12H,1H3,(H,24,25)(H,21,22,23). The van der Waals surface area contributed by atoms with Crippen LogP contribution >= 0.6 is 0 Å². The number of aryl methyl sites for hydroxylation is 1. The third kappa shape index (κ3) is 3.55. The number of anilines is 1. The van der Waals surface area contributed by atoms with Gasteiger partial charge in [0.2, 0.25) is 0 Å². The summed E-state index contributed by atoms with van der Waals surface area (Å²) >= 11 is 0. The molecule has 0 saturated carbocycles. The number of amides is 1. The first kappa shape index (κ1) is 16.4. The molecule has 0 unspecified atom stereocenters. The van der Waals surface area contributed by atoms with E-state index >= 15 is 0 Å². The molecule has 3 aromatic rings. The van der Waals surface area contributed by atoms with E-state index in [1.807, 2.05) is 43.3 Å². The number of carboxylic acids is 1. The normalized spacial score (nSPS) is 10.3. The van der Waals surface area contributed by atoms with E-state index in [-0.39, 0.29) is 11.4 Å². The lowest BCUT2D eigenvalue weighted by Gasteiger charge is -2.11. The third-order valence-electron chi connectivity index (χ3n) is 3.80. The molecule has 0 bridgehead atoms. The summed E-state index contributed by atoms with van der Waals surface area (Å²) in [5.74, 6) is -1.52. The molecule has 0 saturated heterocycles. The Balaban J connectivity index is 1.96. The Morgan fingerprint density at radius 1 is 0.920 bits per heavy atom. The number of nitrogens with zero attached hydrogens (tertiary/aromatic N) is 1. The predicted octanol–water partition coefficient (Wildman–Crippen LogP) is 4.01. The number of carbonyl (C=O) groups excluding carboxylic acids is 1. The van der Waals surface area contributed by atoms with E-state index < -0.39 is 11.9 Å². The SMILES string of the molecule is Cc1ccc(-c2ccccc2C(=O)Nc2ncccc2C(=O)O)cc1. The van der Waals surface area contributed by atoms with Crippen LogP contribution in [0.4, 0.5) is 5.82 Å². The van der Waals surface area contributed by atoms with Crippen LogP contribution < -0.4 is 5.32 Å². The topological polar surface area (TPSA) is 79.3 Å². The Morgan fingerprint density at radius 2 is 1.60 bits per heavy atom. The van der Waals surface area contributed by atoms with E-state index in [0.717, 1.165) is 16.7 Å². The van der Waals surface area contributed by atoms with Gasteiger partial charge >= 0.3 is 5.97 Å². The van der Waals surface area contributed by atoms with E-state index in [1.165, 1.54) is 18.3 Å². The van der Waals surface area contributed by atoms with E-state index in [9.17, 15) is 14.7 Å². The minimum absolute atomic E-state index is 0.0266. The molecule has 25 heavy (non-hydrogen) atoms. The van der Waals surface area contributed by atoms with E-state index in [4.69, 9.17) is 0 Å². The number of aromatic nitrogens is 1. The second kappa shape index (κ2) is 6.97. The van der Waals surface area contributed by atoms with Gasteiger partial charge < -0.3 is 10.4 Å². The summed E-state index contributed by atoms with van der Waals surface area (Å²) < 4.78 is 0. The van der Waals surface area contributed by atoms with Crippen molar-refractivity contribution in [1.29, 1.82) is 0 Å².